The van der Waals surface area contributed by atoms with Gasteiger partial charge >= 0.3 is 0 Å². The minimum Gasteiger partial charge on any atom is -0.316 e. The first-order valence-corrected chi connectivity index (χ1v) is 7.05. The van der Waals surface area contributed by atoms with Crippen LogP contribution in [-0.2, 0) is 0 Å². The molecule has 1 nitrogen and oxygen atoms in total. The van der Waals surface area contributed by atoms with E-state index in [1.807, 2.05) is 0 Å². The summed E-state index contributed by atoms with van der Waals surface area (Å²) < 4.78 is 0. The van der Waals surface area contributed by atoms with Gasteiger partial charge in [0.2, 0.25) is 0 Å². The van der Waals surface area contributed by atoms with E-state index < -0.39 is 0 Å². The molecule has 0 bridgehead atoms. The lowest BCUT2D eigenvalue weighted by Crippen LogP contribution is -2.26. The number of hydrogen-bond donors (Lipinski definition) is 1. The van der Waals surface area contributed by atoms with Crippen molar-refractivity contribution in [2.45, 2.75) is 64.7 Å². The van der Waals surface area contributed by atoms with E-state index in [0.29, 0.717) is 0 Å². The van der Waals surface area contributed by atoms with Crippen LogP contribution in [0.5, 0.6) is 0 Å². The monoisotopic (exact) mass is 209 g/mol. The summed E-state index contributed by atoms with van der Waals surface area (Å²) in [5.41, 5.74) is 0.729. The summed E-state index contributed by atoms with van der Waals surface area (Å²) in [6, 6.07) is 0. The van der Waals surface area contributed by atoms with Crippen molar-refractivity contribution in [3.05, 3.63) is 0 Å². The summed E-state index contributed by atoms with van der Waals surface area (Å²) >= 11 is 0. The van der Waals surface area contributed by atoms with E-state index in [1.165, 1.54) is 70.9 Å². The zero-order chi connectivity index (χ0) is 10.6. The predicted molar refractivity (Wildman–Crippen MR) is 66.0 cm³/mol. The van der Waals surface area contributed by atoms with Gasteiger partial charge in [-0.05, 0) is 43.6 Å². The Bertz CT molecular complexity index is 178. The molecule has 88 valence electrons. The SMILES string of the molecule is CCC1(CNCCC2CCCCC2)CC1. The van der Waals surface area contributed by atoms with E-state index >= 15 is 0 Å². The van der Waals surface area contributed by atoms with Crippen molar-refractivity contribution in [3.8, 4) is 0 Å². The van der Waals surface area contributed by atoms with Gasteiger partial charge in [-0.2, -0.15) is 0 Å². The molecule has 0 aliphatic heterocycles. The first-order chi connectivity index (χ1) is 7.35. The number of rotatable bonds is 6. The van der Waals surface area contributed by atoms with Gasteiger partial charge in [0.25, 0.3) is 0 Å². The fraction of sp³-hybridized carbons (Fsp3) is 1.00. The maximum absolute atomic E-state index is 3.69. The van der Waals surface area contributed by atoms with Crippen molar-refractivity contribution >= 4 is 0 Å². The molecule has 0 radical (unpaired) electrons. The molecule has 0 aromatic carbocycles. The average Bonchev–Trinajstić information content (AvgIpc) is 3.07. The Labute approximate surface area is 95.0 Å². The fourth-order valence-electron chi connectivity index (χ4n) is 2.97. The normalized spacial score (nSPS) is 25.4. The van der Waals surface area contributed by atoms with E-state index in [-0.39, 0.29) is 0 Å². The van der Waals surface area contributed by atoms with Crippen molar-refractivity contribution < 1.29 is 0 Å². The van der Waals surface area contributed by atoms with Gasteiger partial charge in [0.15, 0.2) is 0 Å². The molecule has 1 heteroatoms. The van der Waals surface area contributed by atoms with E-state index in [1.54, 1.807) is 0 Å². The average molecular weight is 209 g/mol. The topological polar surface area (TPSA) is 12.0 Å². The van der Waals surface area contributed by atoms with Gasteiger partial charge in [0.05, 0.1) is 0 Å². The molecule has 0 atom stereocenters. The van der Waals surface area contributed by atoms with Crippen LogP contribution >= 0.6 is 0 Å². The van der Waals surface area contributed by atoms with Crippen LogP contribution in [0, 0.1) is 11.3 Å². The quantitative estimate of drug-likeness (QED) is 0.657. The van der Waals surface area contributed by atoms with Gasteiger partial charge in [-0.15, -0.1) is 0 Å². The third-order valence-electron chi connectivity index (χ3n) is 4.66. The summed E-state index contributed by atoms with van der Waals surface area (Å²) in [6.45, 7) is 4.90. The molecule has 0 amide bonds. The molecule has 2 rings (SSSR count). The van der Waals surface area contributed by atoms with Crippen LogP contribution < -0.4 is 5.32 Å². The molecule has 0 aromatic heterocycles. The second-order valence-electron chi connectivity index (χ2n) is 5.82. The largest absolute Gasteiger partial charge is 0.316 e. The lowest BCUT2D eigenvalue weighted by molar-refractivity contribution is 0.327. The van der Waals surface area contributed by atoms with Crippen LogP contribution in [0.25, 0.3) is 0 Å². The van der Waals surface area contributed by atoms with Crippen molar-refractivity contribution in [2.75, 3.05) is 13.1 Å². The minimum atomic E-state index is 0.729. The summed E-state index contributed by atoms with van der Waals surface area (Å²) in [4.78, 5) is 0. The Balaban J connectivity index is 1.51. The molecule has 0 unspecified atom stereocenters. The predicted octanol–water partition coefficient (Wildman–Crippen LogP) is 3.74. The summed E-state index contributed by atoms with van der Waals surface area (Å²) in [7, 11) is 0. The van der Waals surface area contributed by atoms with Gasteiger partial charge < -0.3 is 5.32 Å². The zero-order valence-corrected chi connectivity index (χ0v) is 10.4. The maximum atomic E-state index is 3.69. The molecule has 0 saturated heterocycles. The number of hydrogen-bond acceptors (Lipinski definition) is 1. The fourth-order valence-corrected chi connectivity index (χ4v) is 2.97. The highest BCUT2D eigenvalue weighted by Crippen LogP contribution is 2.47. The molecule has 0 aromatic rings. The highest BCUT2D eigenvalue weighted by atomic mass is 14.9. The maximum Gasteiger partial charge on any atom is 0.000771 e. The molecule has 1 N–H and O–H groups in total. The van der Waals surface area contributed by atoms with Gasteiger partial charge in [-0.3, -0.25) is 0 Å². The third-order valence-corrected chi connectivity index (χ3v) is 4.66. The molecule has 2 fully saturated rings. The molecule has 0 spiro atoms. The molecule has 0 heterocycles. The van der Waals surface area contributed by atoms with Crippen LogP contribution in [-0.4, -0.2) is 13.1 Å². The Morgan fingerprint density at radius 1 is 1.13 bits per heavy atom. The van der Waals surface area contributed by atoms with Crippen LogP contribution in [0.4, 0.5) is 0 Å². The molecular formula is C14H27N. The Morgan fingerprint density at radius 2 is 1.87 bits per heavy atom. The standard InChI is InChI=1S/C14H27N/c1-2-14(9-10-14)12-15-11-8-13-6-4-3-5-7-13/h13,15H,2-12H2,1H3. The van der Waals surface area contributed by atoms with E-state index in [2.05, 4.69) is 12.2 Å². The highest BCUT2D eigenvalue weighted by molar-refractivity contribution is 4.93. The molecule has 15 heavy (non-hydrogen) atoms. The zero-order valence-electron chi connectivity index (χ0n) is 10.4. The smallest absolute Gasteiger partial charge is 0.000771 e. The lowest BCUT2D eigenvalue weighted by atomic mass is 9.87. The molecule has 2 aliphatic rings. The summed E-state index contributed by atoms with van der Waals surface area (Å²) in [5.74, 6) is 1.04. The van der Waals surface area contributed by atoms with E-state index in [0.717, 1.165) is 11.3 Å². The highest BCUT2D eigenvalue weighted by Gasteiger charge is 2.39. The van der Waals surface area contributed by atoms with Crippen LogP contribution in [0.3, 0.4) is 0 Å². The molecule has 2 saturated carbocycles. The summed E-state index contributed by atoms with van der Waals surface area (Å²) in [6.07, 6.45) is 13.2. The Morgan fingerprint density at radius 3 is 2.47 bits per heavy atom. The van der Waals surface area contributed by atoms with Gasteiger partial charge in [0.1, 0.15) is 0 Å². The second kappa shape index (κ2) is 5.34. The van der Waals surface area contributed by atoms with Crippen LogP contribution in [0.2, 0.25) is 0 Å². The third kappa shape index (κ3) is 3.48. The van der Waals surface area contributed by atoms with Crippen LogP contribution in [0.1, 0.15) is 64.7 Å². The van der Waals surface area contributed by atoms with E-state index in [4.69, 9.17) is 0 Å². The summed E-state index contributed by atoms with van der Waals surface area (Å²) in [5, 5.41) is 3.69. The van der Waals surface area contributed by atoms with Gasteiger partial charge in [0, 0.05) is 6.54 Å². The lowest BCUT2D eigenvalue weighted by Gasteiger charge is -2.22. The minimum absolute atomic E-state index is 0.729. The first-order valence-electron chi connectivity index (χ1n) is 7.05. The van der Waals surface area contributed by atoms with E-state index in [9.17, 15) is 0 Å². The van der Waals surface area contributed by atoms with Gasteiger partial charge in [-0.1, -0.05) is 39.0 Å². The van der Waals surface area contributed by atoms with Crippen molar-refractivity contribution in [2.24, 2.45) is 11.3 Å². The van der Waals surface area contributed by atoms with Crippen molar-refractivity contribution in [1.29, 1.82) is 0 Å². The van der Waals surface area contributed by atoms with Gasteiger partial charge in [-0.25, -0.2) is 0 Å². The first kappa shape index (κ1) is 11.4. The Kier molecular flexibility index (Phi) is 4.07. The Hall–Kier alpha value is -0.0400. The van der Waals surface area contributed by atoms with Crippen molar-refractivity contribution in [3.63, 3.8) is 0 Å². The number of nitrogens with one attached hydrogen (secondary N) is 1. The second-order valence-corrected chi connectivity index (χ2v) is 5.82. The molecule has 2 aliphatic carbocycles. The van der Waals surface area contributed by atoms with Crippen LogP contribution in [0.15, 0.2) is 0 Å². The van der Waals surface area contributed by atoms with Crippen molar-refractivity contribution in [1.82, 2.24) is 5.32 Å². The molecular weight excluding hydrogens is 182 g/mol.